The van der Waals surface area contributed by atoms with E-state index in [0.29, 0.717) is 16.6 Å². The van der Waals surface area contributed by atoms with Crippen LogP contribution in [0, 0.1) is 0 Å². The largest absolute Gasteiger partial charge is 0.268 e. The fourth-order valence-corrected chi connectivity index (χ4v) is 5.80. The zero-order chi connectivity index (χ0) is 20.9. The number of para-hydroxylation sites is 1. The van der Waals surface area contributed by atoms with Gasteiger partial charge in [0.25, 0.3) is 5.56 Å². The van der Waals surface area contributed by atoms with Gasteiger partial charge in [0.05, 0.1) is 25.1 Å². The number of rotatable bonds is 2. The van der Waals surface area contributed by atoms with Crippen molar-refractivity contribution in [2.45, 2.75) is 0 Å². The van der Waals surface area contributed by atoms with Crippen LogP contribution < -0.4 is 5.56 Å². The van der Waals surface area contributed by atoms with Gasteiger partial charge in [0.15, 0.2) is 5.65 Å². The molecule has 5 heteroatoms. The third kappa shape index (κ3) is 2.85. The van der Waals surface area contributed by atoms with Crippen molar-refractivity contribution in [2.75, 3.05) is 0 Å². The number of benzene rings is 3. The van der Waals surface area contributed by atoms with E-state index < -0.39 is 0 Å². The van der Waals surface area contributed by atoms with Crippen molar-refractivity contribution in [1.29, 1.82) is 0 Å². The number of pyridine rings is 1. The van der Waals surface area contributed by atoms with Crippen LogP contribution in [0.15, 0.2) is 99.6 Å². The molecule has 148 valence electrons. The van der Waals surface area contributed by atoms with Gasteiger partial charge in [-0.2, -0.15) is 0 Å². The lowest BCUT2D eigenvalue weighted by Gasteiger charge is -2.17. The topological polar surface area (TPSA) is 34.4 Å². The molecular formula is C26H15BrN2OS. The Kier molecular flexibility index (Phi) is 4.26. The van der Waals surface area contributed by atoms with Gasteiger partial charge in [-0.05, 0) is 45.3 Å². The lowest BCUT2D eigenvalue weighted by Crippen LogP contribution is -2.18. The van der Waals surface area contributed by atoms with Gasteiger partial charge in [-0.1, -0.05) is 72.8 Å². The Morgan fingerprint density at radius 1 is 0.774 bits per heavy atom. The minimum Gasteiger partial charge on any atom is -0.268 e. The molecule has 0 atom stereocenters. The quantitative estimate of drug-likeness (QED) is 0.245. The summed E-state index contributed by atoms with van der Waals surface area (Å²) >= 11 is 5.28. The molecule has 0 bridgehead atoms. The van der Waals surface area contributed by atoms with Crippen molar-refractivity contribution in [2.24, 2.45) is 0 Å². The maximum Gasteiger partial charge on any atom is 0.266 e. The van der Waals surface area contributed by atoms with E-state index in [9.17, 15) is 4.79 Å². The molecule has 0 aliphatic carbocycles. The monoisotopic (exact) mass is 482 g/mol. The van der Waals surface area contributed by atoms with Gasteiger partial charge in [-0.25, -0.2) is 4.98 Å². The van der Waals surface area contributed by atoms with Crippen LogP contribution in [0.3, 0.4) is 0 Å². The molecule has 0 N–H and O–H groups in total. The van der Waals surface area contributed by atoms with Crippen LogP contribution in [0.25, 0.3) is 49.0 Å². The van der Waals surface area contributed by atoms with Crippen molar-refractivity contribution in [1.82, 2.24) is 9.38 Å². The summed E-state index contributed by atoms with van der Waals surface area (Å²) in [4.78, 5) is 18.8. The lowest BCUT2D eigenvalue weighted by molar-refractivity contribution is 1.10. The van der Waals surface area contributed by atoms with E-state index in [1.807, 2.05) is 60.7 Å². The summed E-state index contributed by atoms with van der Waals surface area (Å²) in [5.74, 6) is 0. The SMILES string of the molecule is O=c1c2ccccc2nc2c3sc(Br)cc3c(-c3ccccc3)c(-c3ccccc3)n12. The Balaban J connectivity index is 1.96. The molecule has 0 spiro atoms. The van der Waals surface area contributed by atoms with E-state index in [0.717, 1.165) is 36.3 Å². The van der Waals surface area contributed by atoms with Gasteiger partial charge in [-0.3, -0.25) is 9.20 Å². The second-order valence-corrected chi connectivity index (χ2v) is 9.77. The smallest absolute Gasteiger partial charge is 0.266 e. The van der Waals surface area contributed by atoms with Crippen LogP contribution in [0.2, 0.25) is 0 Å². The molecule has 3 nitrogen and oxygen atoms in total. The van der Waals surface area contributed by atoms with Crippen molar-refractivity contribution in [3.05, 3.63) is 105 Å². The molecule has 0 amide bonds. The third-order valence-electron chi connectivity index (χ3n) is 5.52. The van der Waals surface area contributed by atoms with Gasteiger partial charge in [0.2, 0.25) is 0 Å². The van der Waals surface area contributed by atoms with E-state index in [2.05, 4.69) is 46.3 Å². The Hall–Kier alpha value is -3.28. The first-order chi connectivity index (χ1) is 15.2. The van der Waals surface area contributed by atoms with Crippen LogP contribution in [-0.2, 0) is 0 Å². The van der Waals surface area contributed by atoms with E-state index in [-0.39, 0.29) is 5.56 Å². The first kappa shape index (κ1) is 18.5. The van der Waals surface area contributed by atoms with Gasteiger partial charge < -0.3 is 0 Å². The fraction of sp³-hybridized carbons (Fsp3) is 0. The van der Waals surface area contributed by atoms with Crippen LogP contribution >= 0.6 is 27.3 Å². The van der Waals surface area contributed by atoms with E-state index in [1.165, 1.54) is 0 Å². The second-order valence-electron chi connectivity index (χ2n) is 7.34. The third-order valence-corrected chi connectivity index (χ3v) is 7.15. The highest BCUT2D eigenvalue weighted by molar-refractivity contribution is 9.11. The number of hydrogen-bond donors (Lipinski definition) is 0. The summed E-state index contributed by atoms with van der Waals surface area (Å²) in [5.41, 5.74) is 5.30. The summed E-state index contributed by atoms with van der Waals surface area (Å²) in [6, 6.07) is 30.1. The normalized spacial score (nSPS) is 11.5. The van der Waals surface area contributed by atoms with Crippen LogP contribution in [0.5, 0.6) is 0 Å². The van der Waals surface area contributed by atoms with Crippen molar-refractivity contribution in [3.8, 4) is 22.4 Å². The minimum atomic E-state index is -0.0527. The average Bonchev–Trinajstić information content (AvgIpc) is 3.21. The Morgan fingerprint density at radius 2 is 1.42 bits per heavy atom. The molecule has 0 saturated heterocycles. The van der Waals surface area contributed by atoms with Crippen LogP contribution in [-0.4, -0.2) is 9.38 Å². The highest BCUT2D eigenvalue weighted by atomic mass is 79.9. The highest BCUT2D eigenvalue weighted by Gasteiger charge is 2.22. The number of aromatic nitrogens is 2. The number of fused-ring (bicyclic) bond motifs is 4. The molecule has 6 aromatic rings. The summed E-state index contributed by atoms with van der Waals surface area (Å²) in [5, 5.41) is 1.70. The predicted molar refractivity (Wildman–Crippen MR) is 133 cm³/mol. The summed E-state index contributed by atoms with van der Waals surface area (Å²) in [6.45, 7) is 0. The first-order valence-corrected chi connectivity index (χ1v) is 11.5. The Morgan fingerprint density at radius 3 is 2.16 bits per heavy atom. The summed E-state index contributed by atoms with van der Waals surface area (Å²) < 4.78 is 3.80. The second kappa shape index (κ2) is 7.15. The van der Waals surface area contributed by atoms with Crippen molar-refractivity contribution < 1.29 is 0 Å². The summed E-state index contributed by atoms with van der Waals surface area (Å²) in [7, 11) is 0. The molecular weight excluding hydrogens is 468 g/mol. The van der Waals surface area contributed by atoms with E-state index >= 15 is 0 Å². The van der Waals surface area contributed by atoms with Crippen LogP contribution in [0.1, 0.15) is 0 Å². The van der Waals surface area contributed by atoms with Gasteiger partial charge in [-0.15, -0.1) is 11.3 Å². The lowest BCUT2D eigenvalue weighted by atomic mass is 9.96. The molecule has 0 aliphatic rings. The van der Waals surface area contributed by atoms with Crippen molar-refractivity contribution >= 4 is 53.9 Å². The molecule has 0 aliphatic heterocycles. The summed E-state index contributed by atoms with van der Waals surface area (Å²) in [6.07, 6.45) is 0. The molecule has 31 heavy (non-hydrogen) atoms. The molecule has 0 fully saturated rings. The number of nitrogens with zero attached hydrogens (tertiary/aromatic N) is 2. The molecule has 0 unspecified atom stereocenters. The Labute approximate surface area is 190 Å². The van der Waals surface area contributed by atoms with Gasteiger partial charge in [0.1, 0.15) is 0 Å². The van der Waals surface area contributed by atoms with Crippen molar-refractivity contribution in [3.63, 3.8) is 0 Å². The van der Waals surface area contributed by atoms with Gasteiger partial charge in [0, 0.05) is 10.9 Å². The van der Waals surface area contributed by atoms with E-state index in [4.69, 9.17) is 4.98 Å². The molecule has 0 saturated carbocycles. The number of thiophene rings is 1. The minimum absolute atomic E-state index is 0.0527. The number of halogens is 1. The zero-order valence-electron chi connectivity index (χ0n) is 16.2. The standard InChI is InChI=1S/C26H15BrN2OS/c27-21-15-19-22(16-9-3-1-4-10-16)23(17-11-5-2-6-12-17)29-25(24(19)31-21)28-20-14-8-7-13-18(20)26(29)30/h1-15H. The van der Waals surface area contributed by atoms with Crippen LogP contribution in [0.4, 0.5) is 0 Å². The highest BCUT2D eigenvalue weighted by Crippen LogP contribution is 2.43. The molecule has 3 aromatic carbocycles. The number of hydrogen-bond acceptors (Lipinski definition) is 3. The fourth-order valence-electron chi connectivity index (χ4n) is 4.21. The first-order valence-electron chi connectivity index (χ1n) is 9.90. The van der Waals surface area contributed by atoms with E-state index in [1.54, 1.807) is 15.7 Å². The maximum absolute atomic E-state index is 13.8. The molecule has 3 aromatic heterocycles. The Bertz CT molecular complexity index is 1650. The molecule has 0 radical (unpaired) electrons. The average molecular weight is 483 g/mol. The predicted octanol–water partition coefficient (Wildman–Crippen LogP) is 7.16. The van der Waals surface area contributed by atoms with Gasteiger partial charge >= 0.3 is 0 Å². The maximum atomic E-state index is 13.8. The molecule has 6 rings (SSSR count). The zero-order valence-corrected chi connectivity index (χ0v) is 18.7. The molecule has 3 heterocycles.